The second-order valence-corrected chi connectivity index (χ2v) is 5.32. The van der Waals surface area contributed by atoms with E-state index in [0.29, 0.717) is 17.7 Å². The van der Waals surface area contributed by atoms with Gasteiger partial charge in [0.15, 0.2) is 0 Å². The molecule has 1 aromatic carbocycles. The molecule has 0 saturated carbocycles. The maximum Gasteiger partial charge on any atom is 0.313 e. The van der Waals surface area contributed by atoms with Crippen LogP contribution < -0.4 is 10.6 Å². The van der Waals surface area contributed by atoms with Crippen molar-refractivity contribution in [1.82, 2.24) is 5.32 Å². The Bertz CT molecular complexity index is 680. The quantitative estimate of drug-likeness (QED) is 0.736. The first-order valence-corrected chi connectivity index (χ1v) is 7.34. The summed E-state index contributed by atoms with van der Waals surface area (Å²) in [6.45, 7) is 4.00. The molecular weight excluding hydrogens is 296 g/mol. The molecule has 0 bridgehead atoms. The van der Waals surface area contributed by atoms with Gasteiger partial charge in [-0.3, -0.25) is 9.59 Å². The molecule has 1 atom stereocenters. The summed E-state index contributed by atoms with van der Waals surface area (Å²) < 4.78 is 4.88. The van der Waals surface area contributed by atoms with Crippen LogP contribution >= 0.6 is 0 Å². The highest BCUT2D eigenvalue weighted by Crippen LogP contribution is 2.18. The first-order chi connectivity index (χ1) is 11.0. The van der Waals surface area contributed by atoms with Crippen LogP contribution in [0.25, 0.3) is 0 Å². The maximum absolute atomic E-state index is 11.9. The first-order valence-electron chi connectivity index (χ1n) is 7.34. The van der Waals surface area contributed by atoms with E-state index in [1.165, 1.54) is 12.5 Å². The van der Waals surface area contributed by atoms with Gasteiger partial charge in [0.1, 0.15) is 0 Å². The number of carbonyl (C=O) groups is 2. The van der Waals surface area contributed by atoms with Crippen molar-refractivity contribution >= 4 is 17.5 Å². The Labute approximate surface area is 134 Å². The summed E-state index contributed by atoms with van der Waals surface area (Å²) in [6.07, 6.45) is 2.47. The summed E-state index contributed by atoms with van der Waals surface area (Å²) in [5.41, 5.74) is 3.21. The van der Waals surface area contributed by atoms with Crippen LogP contribution in [0.1, 0.15) is 29.2 Å². The Kier molecular flexibility index (Phi) is 5.54. The minimum absolute atomic E-state index is 0.186. The van der Waals surface area contributed by atoms with Gasteiger partial charge in [0, 0.05) is 17.8 Å². The molecule has 122 valence electrons. The van der Waals surface area contributed by atoms with Crippen molar-refractivity contribution in [3.8, 4) is 0 Å². The van der Waals surface area contributed by atoms with Crippen LogP contribution in [-0.4, -0.2) is 23.5 Å². The first kappa shape index (κ1) is 16.8. The molecule has 0 saturated heterocycles. The van der Waals surface area contributed by atoms with E-state index < -0.39 is 17.9 Å². The van der Waals surface area contributed by atoms with Crippen LogP contribution in [0.2, 0.25) is 0 Å². The average Bonchev–Trinajstić information content (AvgIpc) is 3.06. The largest absolute Gasteiger partial charge is 0.472 e. The lowest BCUT2D eigenvalue weighted by atomic mass is 10.1. The average molecular weight is 316 g/mol. The van der Waals surface area contributed by atoms with E-state index >= 15 is 0 Å². The molecule has 1 unspecified atom stereocenters. The molecule has 6 nitrogen and oxygen atoms in total. The molecule has 0 aliphatic rings. The van der Waals surface area contributed by atoms with E-state index in [4.69, 9.17) is 4.42 Å². The van der Waals surface area contributed by atoms with Gasteiger partial charge in [-0.15, -0.1) is 0 Å². The molecule has 0 aliphatic carbocycles. The fraction of sp³-hybridized carbons (Fsp3) is 0.294. The molecule has 2 aromatic rings. The number of aryl methyl sites for hydroxylation is 1. The van der Waals surface area contributed by atoms with Gasteiger partial charge in [-0.2, -0.15) is 0 Å². The lowest BCUT2D eigenvalue weighted by Gasteiger charge is -2.11. The third-order valence-corrected chi connectivity index (χ3v) is 3.69. The van der Waals surface area contributed by atoms with Crippen LogP contribution in [0.5, 0.6) is 0 Å². The van der Waals surface area contributed by atoms with E-state index in [0.717, 1.165) is 11.1 Å². The molecular formula is C17H20N2O4. The van der Waals surface area contributed by atoms with Crippen LogP contribution in [-0.2, 0) is 9.59 Å². The van der Waals surface area contributed by atoms with E-state index in [1.54, 1.807) is 12.1 Å². The molecule has 0 spiro atoms. The number of rotatable bonds is 5. The van der Waals surface area contributed by atoms with Gasteiger partial charge in [-0.1, -0.05) is 12.1 Å². The highest BCUT2D eigenvalue weighted by atomic mass is 16.3. The Morgan fingerprint density at radius 2 is 2.00 bits per heavy atom. The van der Waals surface area contributed by atoms with E-state index in [9.17, 15) is 14.7 Å². The Morgan fingerprint density at radius 1 is 1.22 bits per heavy atom. The number of anilines is 1. The van der Waals surface area contributed by atoms with Gasteiger partial charge in [-0.25, -0.2) is 0 Å². The number of aliphatic hydroxyl groups excluding tert-OH is 1. The van der Waals surface area contributed by atoms with Crippen molar-refractivity contribution in [2.24, 2.45) is 0 Å². The normalized spacial score (nSPS) is 11.8. The number of benzene rings is 1. The van der Waals surface area contributed by atoms with Crippen molar-refractivity contribution in [2.45, 2.75) is 26.4 Å². The minimum Gasteiger partial charge on any atom is -0.472 e. The highest BCUT2D eigenvalue weighted by Gasteiger charge is 2.16. The molecule has 1 heterocycles. The lowest BCUT2D eigenvalue weighted by Crippen LogP contribution is -2.36. The smallest absolute Gasteiger partial charge is 0.313 e. The number of nitrogens with one attached hydrogen (secondary N) is 2. The van der Waals surface area contributed by atoms with Gasteiger partial charge in [0.25, 0.3) is 0 Å². The molecule has 23 heavy (non-hydrogen) atoms. The van der Waals surface area contributed by atoms with Crippen molar-refractivity contribution in [1.29, 1.82) is 0 Å². The zero-order valence-corrected chi connectivity index (χ0v) is 13.1. The summed E-state index contributed by atoms with van der Waals surface area (Å²) in [7, 11) is 0. The van der Waals surface area contributed by atoms with Crippen molar-refractivity contribution < 1.29 is 19.1 Å². The van der Waals surface area contributed by atoms with Crippen LogP contribution in [0, 0.1) is 13.8 Å². The Balaban J connectivity index is 1.81. The summed E-state index contributed by atoms with van der Waals surface area (Å²) in [5.74, 6) is -1.46. The summed E-state index contributed by atoms with van der Waals surface area (Å²) >= 11 is 0. The van der Waals surface area contributed by atoms with Crippen LogP contribution in [0.3, 0.4) is 0 Å². The van der Waals surface area contributed by atoms with E-state index in [2.05, 4.69) is 10.6 Å². The summed E-state index contributed by atoms with van der Waals surface area (Å²) in [6, 6.07) is 7.15. The van der Waals surface area contributed by atoms with Gasteiger partial charge in [0.05, 0.1) is 18.6 Å². The fourth-order valence-corrected chi connectivity index (χ4v) is 2.10. The standard InChI is InChI=1S/C17H20N2O4/c1-11-4-3-5-14(12(11)2)19-17(22)16(21)18-8-6-15(20)13-7-9-23-10-13/h3-5,7,9-10,15,20H,6,8H2,1-2H3,(H,18,21)(H,19,22). The number of hydrogen-bond acceptors (Lipinski definition) is 4. The second-order valence-electron chi connectivity index (χ2n) is 5.32. The number of amides is 2. The zero-order valence-electron chi connectivity index (χ0n) is 13.1. The molecule has 1 aromatic heterocycles. The SMILES string of the molecule is Cc1cccc(NC(=O)C(=O)NCCC(O)c2ccoc2)c1C. The number of hydrogen-bond donors (Lipinski definition) is 3. The lowest BCUT2D eigenvalue weighted by molar-refractivity contribution is -0.136. The molecule has 2 rings (SSSR count). The Hall–Kier alpha value is -2.60. The molecule has 0 fully saturated rings. The van der Waals surface area contributed by atoms with E-state index in [1.807, 2.05) is 26.0 Å². The molecule has 6 heteroatoms. The molecule has 2 amide bonds. The van der Waals surface area contributed by atoms with Gasteiger partial charge >= 0.3 is 11.8 Å². The number of aliphatic hydroxyl groups is 1. The Morgan fingerprint density at radius 3 is 2.70 bits per heavy atom. The third kappa shape index (κ3) is 4.43. The molecule has 0 radical (unpaired) electrons. The topological polar surface area (TPSA) is 91.6 Å². The van der Waals surface area contributed by atoms with Gasteiger partial charge < -0.3 is 20.2 Å². The summed E-state index contributed by atoms with van der Waals surface area (Å²) in [5, 5.41) is 14.9. The van der Waals surface area contributed by atoms with Crippen LogP contribution in [0.15, 0.2) is 41.2 Å². The number of furan rings is 1. The van der Waals surface area contributed by atoms with Crippen molar-refractivity contribution in [3.63, 3.8) is 0 Å². The van der Waals surface area contributed by atoms with Crippen molar-refractivity contribution in [3.05, 3.63) is 53.5 Å². The maximum atomic E-state index is 11.9. The summed E-state index contributed by atoms with van der Waals surface area (Å²) in [4.78, 5) is 23.7. The van der Waals surface area contributed by atoms with Crippen LogP contribution in [0.4, 0.5) is 5.69 Å². The second kappa shape index (κ2) is 7.60. The van der Waals surface area contributed by atoms with Gasteiger partial charge in [0.2, 0.25) is 0 Å². The third-order valence-electron chi connectivity index (χ3n) is 3.69. The predicted octanol–water partition coefficient (Wildman–Crippen LogP) is 2.07. The van der Waals surface area contributed by atoms with E-state index in [-0.39, 0.29) is 6.54 Å². The monoisotopic (exact) mass is 316 g/mol. The fourth-order valence-electron chi connectivity index (χ4n) is 2.10. The number of carbonyl (C=O) groups excluding carboxylic acids is 2. The highest BCUT2D eigenvalue weighted by molar-refractivity contribution is 6.39. The molecule has 3 N–H and O–H groups in total. The molecule has 0 aliphatic heterocycles. The van der Waals surface area contributed by atoms with Crippen molar-refractivity contribution in [2.75, 3.05) is 11.9 Å². The zero-order chi connectivity index (χ0) is 16.8. The van der Waals surface area contributed by atoms with Gasteiger partial charge in [-0.05, 0) is 43.5 Å². The minimum atomic E-state index is -0.740. The predicted molar refractivity (Wildman–Crippen MR) is 85.8 cm³/mol.